The lowest BCUT2D eigenvalue weighted by Crippen LogP contribution is -2.44. The first-order chi connectivity index (χ1) is 7.69. The van der Waals surface area contributed by atoms with E-state index in [-0.39, 0.29) is 11.8 Å². The quantitative estimate of drug-likeness (QED) is 0.698. The number of ether oxygens (including phenoxy) is 2. The maximum Gasteiger partial charge on any atom is 0.179 e. The molecule has 0 spiro atoms. The largest absolute Gasteiger partial charge is 0.483 e. The summed E-state index contributed by atoms with van der Waals surface area (Å²) in [5.41, 5.74) is 0. The molecule has 0 aliphatic carbocycles. The summed E-state index contributed by atoms with van der Waals surface area (Å²) >= 11 is 0. The molecule has 0 aromatic carbocycles. The van der Waals surface area contributed by atoms with Gasteiger partial charge in [0.25, 0.3) is 0 Å². The van der Waals surface area contributed by atoms with Crippen LogP contribution in [0.2, 0.25) is 0 Å². The number of hydrogen-bond acceptors (Lipinski definition) is 4. The Kier molecular flexibility index (Phi) is 5.32. The van der Waals surface area contributed by atoms with Crippen LogP contribution < -0.4 is 5.32 Å². The number of ketones is 1. The summed E-state index contributed by atoms with van der Waals surface area (Å²) in [7, 11) is 1.55. The van der Waals surface area contributed by atoms with E-state index in [2.05, 4.69) is 11.9 Å². The van der Waals surface area contributed by atoms with Crippen LogP contribution in [0.15, 0.2) is 12.5 Å². The van der Waals surface area contributed by atoms with Gasteiger partial charge in [-0.3, -0.25) is 4.79 Å². The van der Waals surface area contributed by atoms with Crippen molar-refractivity contribution in [3.8, 4) is 0 Å². The molecule has 92 valence electrons. The molecule has 1 rings (SSSR count). The molecule has 16 heavy (non-hydrogen) atoms. The molecule has 0 saturated carbocycles. The second-order valence-electron chi connectivity index (χ2n) is 4.02. The number of methoxy groups -OCH3 is 1. The average molecular weight is 227 g/mol. The van der Waals surface area contributed by atoms with E-state index in [1.54, 1.807) is 7.11 Å². The lowest BCUT2D eigenvalue weighted by Gasteiger charge is -2.30. The van der Waals surface area contributed by atoms with Crippen molar-refractivity contribution in [2.75, 3.05) is 20.3 Å². The number of carbonyl (C=O) groups excluding carboxylic acids is 1. The van der Waals surface area contributed by atoms with E-state index in [1.165, 1.54) is 0 Å². The van der Waals surface area contributed by atoms with Gasteiger partial charge >= 0.3 is 0 Å². The lowest BCUT2D eigenvalue weighted by molar-refractivity contribution is -0.123. The Morgan fingerprint density at radius 3 is 2.69 bits per heavy atom. The molecule has 1 heterocycles. The highest BCUT2D eigenvalue weighted by Gasteiger charge is 2.29. The molecule has 1 aliphatic rings. The van der Waals surface area contributed by atoms with Crippen molar-refractivity contribution in [3.05, 3.63) is 12.5 Å². The van der Waals surface area contributed by atoms with Crippen molar-refractivity contribution in [1.82, 2.24) is 5.32 Å². The molecule has 0 radical (unpaired) electrons. The maximum absolute atomic E-state index is 11.9. The van der Waals surface area contributed by atoms with Crippen molar-refractivity contribution < 1.29 is 14.3 Å². The van der Waals surface area contributed by atoms with Crippen molar-refractivity contribution in [2.24, 2.45) is 5.92 Å². The fourth-order valence-corrected chi connectivity index (χ4v) is 1.96. The Morgan fingerprint density at radius 2 is 2.19 bits per heavy atom. The SMILES string of the molecule is C=C(N[C@@H](C(=O)CC)C1CCOCC1)OC. The summed E-state index contributed by atoms with van der Waals surface area (Å²) in [5.74, 6) is 0.997. The summed E-state index contributed by atoms with van der Waals surface area (Å²) in [5, 5.41) is 3.07. The Balaban J connectivity index is 2.61. The molecule has 1 atom stereocenters. The summed E-state index contributed by atoms with van der Waals surface area (Å²) < 4.78 is 10.3. The fourth-order valence-electron chi connectivity index (χ4n) is 1.96. The Bertz CT molecular complexity index is 247. The van der Waals surface area contributed by atoms with Crippen LogP contribution >= 0.6 is 0 Å². The van der Waals surface area contributed by atoms with Gasteiger partial charge < -0.3 is 14.8 Å². The first kappa shape index (κ1) is 13.0. The minimum absolute atomic E-state index is 0.179. The minimum atomic E-state index is -0.179. The van der Waals surface area contributed by atoms with Gasteiger partial charge in [0.05, 0.1) is 13.2 Å². The second-order valence-corrected chi connectivity index (χ2v) is 4.02. The normalized spacial score (nSPS) is 18.9. The maximum atomic E-state index is 11.9. The van der Waals surface area contributed by atoms with Gasteiger partial charge in [-0.2, -0.15) is 0 Å². The van der Waals surface area contributed by atoms with Gasteiger partial charge in [0.1, 0.15) is 0 Å². The fraction of sp³-hybridized carbons (Fsp3) is 0.750. The number of rotatable bonds is 6. The Hall–Kier alpha value is -1.03. The van der Waals surface area contributed by atoms with Crippen molar-refractivity contribution in [1.29, 1.82) is 0 Å². The standard InChI is InChI=1S/C12H21NO3/c1-4-11(14)12(13-9(2)15-3)10-5-7-16-8-6-10/h10,12-13H,2,4-8H2,1,3H3/t12-/m1/s1. The summed E-state index contributed by atoms with van der Waals surface area (Å²) in [6.45, 7) is 7.06. The zero-order valence-electron chi connectivity index (χ0n) is 10.1. The smallest absolute Gasteiger partial charge is 0.179 e. The zero-order valence-corrected chi connectivity index (χ0v) is 10.1. The van der Waals surface area contributed by atoms with E-state index in [9.17, 15) is 4.79 Å². The molecule has 1 saturated heterocycles. The molecular weight excluding hydrogens is 206 g/mol. The highest BCUT2D eigenvalue weighted by atomic mass is 16.5. The monoisotopic (exact) mass is 227 g/mol. The molecule has 1 fully saturated rings. The zero-order chi connectivity index (χ0) is 12.0. The van der Waals surface area contributed by atoms with Crippen LogP contribution in [0.1, 0.15) is 26.2 Å². The molecule has 0 amide bonds. The van der Waals surface area contributed by atoms with Crippen LogP contribution in [0.3, 0.4) is 0 Å². The number of nitrogens with one attached hydrogen (secondary N) is 1. The van der Waals surface area contributed by atoms with Gasteiger partial charge in [0.15, 0.2) is 11.7 Å². The molecular formula is C12H21NO3. The third-order valence-electron chi connectivity index (χ3n) is 3.00. The van der Waals surface area contributed by atoms with E-state index >= 15 is 0 Å². The third kappa shape index (κ3) is 3.52. The predicted molar refractivity (Wildman–Crippen MR) is 61.9 cm³/mol. The minimum Gasteiger partial charge on any atom is -0.483 e. The molecule has 4 nitrogen and oxygen atoms in total. The van der Waals surface area contributed by atoms with Gasteiger partial charge in [-0.15, -0.1) is 0 Å². The molecule has 1 N–H and O–H groups in total. The summed E-state index contributed by atoms with van der Waals surface area (Å²) in [4.78, 5) is 11.9. The van der Waals surface area contributed by atoms with Crippen LogP contribution in [0.5, 0.6) is 0 Å². The third-order valence-corrected chi connectivity index (χ3v) is 3.00. The first-order valence-corrected chi connectivity index (χ1v) is 5.79. The van der Waals surface area contributed by atoms with Crippen molar-refractivity contribution in [3.63, 3.8) is 0 Å². The lowest BCUT2D eigenvalue weighted by atomic mass is 9.88. The van der Waals surface area contributed by atoms with Crippen LogP contribution in [-0.4, -0.2) is 32.1 Å². The van der Waals surface area contributed by atoms with Crippen LogP contribution in [-0.2, 0) is 14.3 Å². The van der Waals surface area contributed by atoms with Crippen LogP contribution in [0.25, 0.3) is 0 Å². The van der Waals surface area contributed by atoms with Crippen LogP contribution in [0.4, 0.5) is 0 Å². The van der Waals surface area contributed by atoms with Crippen molar-refractivity contribution in [2.45, 2.75) is 32.2 Å². The molecule has 1 aliphatic heterocycles. The van der Waals surface area contributed by atoms with E-state index in [4.69, 9.17) is 9.47 Å². The summed E-state index contributed by atoms with van der Waals surface area (Å²) in [6, 6.07) is -0.179. The highest BCUT2D eigenvalue weighted by molar-refractivity contribution is 5.84. The van der Waals surface area contributed by atoms with E-state index < -0.39 is 0 Å². The first-order valence-electron chi connectivity index (χ1n) is 5.79. The molecule has 0 bridgehead atoms. The molecule has 0 unspecified atom stereocenters. The summed E-state index contributed by atoms with van der Waals surface area (Å²) in [6.07, 6.45) is 2.37. The van der Waals surface area contributed by atoms with E-state index in [1.807, 2.05) is 6.92 Å². The Labute approximate surface area is 97.0 Å². The van der Waals surface area contributed by atoms with Gasteiger partial charge in [-0.25, -0.2) is 0 Å². The highest BCUT2D eigenvalue weighted by Crippen LogP contribution is 2.21. The van der Waals surface area contributed by atoms with Crippen LogP contribution in [0, 0.1) is 5.92 Å². The van der Waals surface area contributed by atoms with Gasteiger partial charge in [0.2, 0.25) is 0 Å². The average Bonchev–Trinajstić information content (AvgIpc) is 2.35. The van der Waals surface area contributed by atoms with E-state index in [0.29, 0.717) is 18.2 Å². The van der Waals surface area contributed by atoms with Gasteiger partial charge in [0, 0.05) is 19.6 Å². The number of hydrogen-bond donors (Lipinski definition) is 1. The predicted octanol–water partition coefficient (Wildman–Crippen LogP) is 1.47. The Morgan fingerprint density at radius 1 is 1.56 bits per heavy atom. The van der Waals surface area contributed by atoms with Gasteiger partial charge in [-0.05, 0) is 25.3 Å². The van der Waals surface area contributed by atoms with Gasteiger partial charge in [-0.1, -0.05) is 6.92 Å². The van der Waals surface area contributed by atoms with Crippen molar-refractivity contribution >= 4 is 5.78 Å². The molecule has 0 aromatic rings. The second kappa shape index (κ2) is 6.53. The topological polar surface area (TPSA) is 47.6 Å². The number of Topliss-reactive ketones (excluding diaryl/α,β-unsaturated/α-hetero) is 1. The van der Waals surface area contributed by atoms with E-state index in [0.717, 1.165) is 26.1 Å². The molecule has 0 aromatic heterocycles. The number of carbonyl (C=O) groups is 1. The molecule has 4 heteroatoms.